The van der Waals surface area contributed by atoms with Gasteiger partial charge in [0.25, 0.3) is 0 Å². The Morgan fingerprint density at radius 2 is 2.55 bits per heavy atom. The Labute approximate surface area is 68.3 Å². The molecule has 3 nitrogen and oxygen atoms in total. The number of hydrogen-bond acceptors (Lipinski definition) is 3. The predicted octanol–water partition coefficient (Wildman–Crippen LogP) is 1.39. The molecule has 0 aliphatic carbocycles. The fourth-order valence-electron chi connectivity index (χ4n) is 0.877. The third-order valence-corrected chi connectivity index (χ3v) is 2.23. The summed E-state index contributed by atoms with van der Waals surface area (Å²) in [7, 11) is 0. The number of rotatable bonds is 2. The lowest BCUT2D eigenvalue weighted by molar-refractivity contribution is 0.693. The minimum atomic E-state index is 0.831. The number of aromatic nitrogens is 3. The summed E-state index contributed by atoms with van der Waals surface area (Å²) >= 11 is 1.73. The summed E-state index contributed by atoms with van der Waals surface area (Å²) in [6.07, 6.45) is 3.27. The number of thiophene rings is 1. The van der Waals surface area contributed by atoms with Crippen molar-refractivity contribution in [3.63, 3.8) is 0 Å². The van der Waals surface area contributed by atoms with Gasteiger partial charge in [-0.1, -0.05) is 6.07 Å². The molecule has 0 unspecified atom stereocenters. The monoisotopic (exact) mass is 165 g/mol. The van der Waals surface area contributed by atoms with Crippen LogP contribution < -0.4 is 0 Å². The van der Waals surface area contributed by atoms with Crippen LogP contribution in [0, 0.1) is 0 Å². The van der Waals surface area contributed by atoms with E-state index in [4.69, 9.17) is 0 Å². The average Bonchev–Trinajstić information content (AvgIpc) is 2.60. The SMILES string of the molecule is c1csc(Cn2cncn2)c1. The Hall–Kier alpha value is -1.16. The number of hydrogen-bond donors (Lipinski definition) is 0. The summed E-state index contributed by atoms with van der Waals surface area (Å²) in [5.41, 5.74) is 0. The molecule has 0 fully saturated rings. The van der Waals surface area contributed by atoms with Gasteiger partial charge in [0.15, 0.2) is 0 Å². The molecule has 0 spiro atoms. The molecule has 0 saturated carbocycles. The van der Waals surface area contributed by atoms with E-state index in [9.17, 15) is 0 Å². The van der Waals surface area contributed by atoms with Crippen LogP contribution in [0.15, 0.2) is 30.2 Å². The molecule has 0 aromatic carbocycles. The van der Waals surface area contributed by atoms with Gasteiger partial charge in [-0.15, -0.1) is 11.3 Å². The molecule has 0 atom stereocenters. The molecule has 56 valence electrons. The van der Waals surface area contributed by atoms with Crippen LogP contribution in [0.4, 0.5) is 0 Å². The van der Waals surface area contributed by atoms with Gasteiger partial charge in [0, 0.05) is 4.88 Å². The molecule has 0 aliphatic rings. The molecule has 0 aliphatic heterocycles. The van der Waals surface area contributed by atoms with Crippen LogP contribution >= 0.6 is 11.3 Å². The highest BCUT2D eigenvalue weighted by atomic mass is 32.1. The van der Waals surface area contributed by atoms with Gasteiger partial charge in [-0.05, 0) is 11.4 Å². The van der Waals surface area contributed by atoms with Gasteiger partial charge in [-0.25, -0.2) is 9.67 Å². The summed E-state index contributed by atoms with van der Waals surface area (Å²) < 4.78 is 1.81. The van der Waals surface area contributed by atoms with Gasteiger partial charge >= 0.3 is 0 Å². The van der Waals surface area contributed by atoms with Gasteiger partial charge in [-0.3, -0.25) is 0 Å². The van der Waals surface area contributed by atoms with Crippen LogP contribution in [0.5, 0.6) is 0 Å². The first-order valence-corrected chi connectivity index (χ1v) is 4.18. The Morgan fingerprint density at radius 1 is 1.55 bits per heavy atom. The summed E-state index contributed by atoms with van der Waals surface area (Å²) in [6, 6.07) is 4.13. The molecule has 2 aromatic rings. The van der Waals surface area contributed by atoms with Crippen molar-refractivity contribution in [2.45, 2.75) is 6.54 Å². The highest BCUT2D eigenvalue weighted by Crippen LogP contribution is 2.08. The second-order valence-electron chi connectivity index (χ2n) is 2.17. The lowest BCUT2D eigenvalue weighted by atomic mass is 10.5. The van der Waals surface area contributed by atoms with Crippen LogP contribution in [0.1, 0.15) is 4.88 Å². The van der Waals surface area contributed by atoms with Crippen molar-refractivity contribution < 1.29 is 0 Å². The lowest BCUT2D eigenvalue weighted by Crippen LogP contribution is -1.97. The molecular formula is C7H7N3S. The zero-order valence-electron chi connectivity index (χ0n) is 5.84. The molecule has 0 N–H and O–H groups in total. The van der Waals surface area contributed by atoms with Crippen molar-refractivity contribution in [3.05, 3.63) is 35.0 Å². The third kappa shape index (κ3) is 1.46. The normalized spacial score (nSPS) is 10.2. The molecule has 11 heavy (non-hydrogen) atoms. The van der Waals surface area contributed by atoms with Crippen LogP contribution in [0.3, 0.4) is 0 Å². The Bertz CT molecular complexity index is 266. The van der Waals surface area contributed by atoms with E-state index in [1.165, 1.54) is 4.88 Å². The highest BCUT2D eigenvalue weighted by molar-refractivity contribution is 7.09. The minimum Gasteiger partial charge on any atom is -0.248 e. The first kappa shape index (κ1) is 6.54. The van der Waals surface area contributed by atoms with Gasteiger partial charge < -0.3 is 0 Å². The van der Waals surface area contributed by atoms with E-state index in [2.05, 4.69) is 21.5 Å². The van der Waals surface area contributed by atoms with Crippen LogP contribution in [-0.4, -0.2) is 14.8 Å². The minimum absolute atomic E-state index is 0.831. The first-order chi connectivity index (χ1) is 5.45. The van der Waals surface area contributed by atoms with Gasteiger partial charge in [-0.2, -0.15) is 5.10 Å². The predicted molar refractivity (Wildman–Crippen MR) is 43.4 cm³/mol. The van der Waals surface area contributed by atoms with E-state index < -0.39 is 0 Å². The van der Waals surface area contributed by atoms with Crippen molar-refractivity contribution in [2.24, 2.45) is 0 Å². The maximum absolute atomic E-state index is 4.00. The quantitative estimate of drug-likeness (QED) is 0.673. The highest BCUT2D eigenvalue weighted by Gasteiger charge is 1.94. The second-order valence-corrected chi connectivity index (χ2v) is 3.20. The van der Waals surface area contributed by atoms with Crippen LogP contribution in [0.25, 0.3) is 0 Å². The standard InChI is InChI=1S/C7H7N3S/c1-2-7(11-3-1)4-10-6-8-5-9-10/h1-3,5-6H,4H2. The molecule has 2 rings (SSSR count). The van der Waals surface area contributed by atoms with Gasteiger partial charge in [0.1, 0.15) is 12.7 Å². The molecule has 2 heterocycles. The maximum Gasteiger partial charge on any atom is 0.137 e. The number of nitrogens with zero attached hydrogens (tertiary/aromatic N) is 3. The van der Waals surface area contributed by atoms with Crippen molar-refractivity contribution in [2.75, 3.05) is 0 Å². The Morgan fingerprint density at radius 3 is 3.18 bits per heavy atom. The average molecular weight is 165 g/mol. The Balaban J connectivity index is 2.14. The Kier molecular flexibility index (Phi) is 1.69. The topological polar surface area (TPSA) is 30.7 Å². The smallest absolute Gasteiger partial charge is 0.137 e. The second kappa shape index (κ2) is 2.84. The van der Waals surface area contributed by atoms with Crippen molar-refractivity contribution in [1.29, 1.82) is 0 Å². The maximum atomic E-state index is 4.00. The third-order valence-electron chi connectivity index (χ3n) is 1.36. The molecular weight excluding hydrogens is 158 g/mol. The zero-order chi connectivity index (χ0) is 7.52. The van der Waals surface area contributed by atoms with E-state index in [-0.39, 0.29) is 0 Å². The fraction of sp³-hybridized carbons (Fsp3) is 0.143. The molecule has 2 aromatic heterocycles. The van der Waals surface area contributed by atoms with Crippen LogP contribution in [-0.2, 0) is 6.54 Å². The molecule has 4 heteroatoms. The van der Waals surface area contributed by atoms with E-state index in [1.54, 1.807) is 24.0 Å². The molecule has 0 radical (unpaired) electrons. The van der Waals surface area contributed by atoms with Crippen molar-refractivity contribution in [1.82, 2.24) is 14.8 Å². The fourth-order valence-corrected chi connectivity index (χ4v) is 1.57. The van der Waals surface area contributed by atoms with Crippen molar-refractivity contribution >= 4 is 11.3 Å². The summed E-state index contributed by atoms with van der Waals surface area (Å²) in [5.74, 6) is 0. The van der Waals surface area contributed by atoms with Gasteiger partial charge in [0.05, 0.1) is 6.54 Å². The molecule has 0 saturated heterocycles. The molecule has 0 amide bonds. The van der Waals surface area contributed by atoms with E-state index in [0.717, 1.165) is 6.54 Å². The summed E-state index contributed by atoms with van der Waals surface area (Å²) in [5, 5.41) is 6.07. The summed E-state index contributed by atoms with van der Waals surface area (Å²) in [6.45, 7) is 0.831. The van der Waals surface area contributed by atoms with E-state index in [1.807, 2.05) is 10.7 Å². The van der Waals surface area contributed by atoms with E-state index in [0.29, 0.717) is 0 Å². The van der Waals surface area contributed by atoms with Crippen LogP contribution in [0.2, 0.25) is 0 Å². The lowest BCUT2D eigenvalue weighted by Gasteiger charge is -1.94. The van der Waals surface area contributed by atoms with Crippen molar-refractivity contribution in [3.8, 4) is 0 Å². The van der Waals surface area contributed by atoms with E-state index >= 15 is 0 Å². The molecule has 0 bridgehead atoms. The largest absolute Gasteiger partial charge is 0.248 e. The summed E-state index contributed by atoms with van der Waals surface area (Å²) in [4.78, 5) is 5.16. The van der Waals surface area contributed by atoms with Gasteiger partial charge in [0.2, 0.25) is 0 Å². The zero-order valence-corrected chi connectivity index (χ0v) is 6.66. The first-order valence-electron chi connectivity index (χ1n) is 3.30.